The van der Waals surface area contributed by atoms with E-state index in [0.717, 1.165) is 22.5 Å². The second-order valence-electron chi connectivity index (χ2n) is 14.2. The van der Waals surface area contributed by atoms with Crippen LogP contribution in [-0.2, 0) is 5.41 Å². The predicted octanol–water partition coefficient (Wildman–Crippen LogP) is 13.6. The van der Waals surface area contributed by atoms with E-state index < -0.39 is 0 Å². The minimum absolute atomic E-state index is 0.344. The molecule has 0 unspecified atom stereocenters. The number of fused-ring (bicyclic) bond motifs is 12. The topological polar surface area (TPSA) is 12.9 Å². The van der Waals surface area contributed by atoms with Crippen molar-refractivity contribution in [2.45, 2.75) is 12.3 Å². The van der Waals surface area contributed by atoms with Gasteiger partial charge < -0.3 is 0 Å². The van der Waals surface area contributed by atoms with E-state index in [1.165, 1.54) is 81.7 Å². The molecule has 1 nitrogen and oxygen atoms in total. The zero-order chi connectivity index (χ0) is 35.1. The molecule has 11 rings (SSSR count). The molecule has 0 N–H and O–H groups in total. The summed E-state index contributed by atoms with van der Waals surface area (Å²) in [4.78, 5) is 6.66. The monoisotopic (exact) mass is 691 g/mol. The van der Waals surface area contributed by atoms with E-state index in [2.05, 4.69) is 189 Å². The molecule has 0 bridgehead atoms. The number of aromatic nitrogens is 1. The molecule has 53 heavy (non-hydrogen) atoms. The highest BCUT2D eigenvalue weighted by Gasteiger charge is 2.53. The van der Waals surface area contributed by atoms with Gasteiger partial charge in [-0.25, -0.2) is 4.98 Å². The highest BCUT2D eigenvalue weighted by molar-refractivity contribution is 7.22. The average molecular weight is 692 g/mol. The van der Waals surface area contributed by atoms with Gasteiger partial charge in [-0.05, 0) is 97.3 Å². The van der Waals surface area contributed by atoms with Crippen LogP contribution in [0.5, 0.6) is 0 Å². The minimum atomic E-state index is -0.344. The lowest BCUT2D eigenvalue weighted by Gasteiger charge is -2.30. The third-order valence-corrected chi connectivity index (χ3v) is 12.7. The van der Waals surface area contributed by atoms with Crippen LogP contribution in [0, 0.1) is 6.92 Å². The molecule has 0 saturated heterocycles. The Labute approximate surface area is 313 Å². The fourth-order valence-electron chi connectivity index (χ4n) is 9.16. The molecule has 0 saturated carbocycles. The summed E-state index contributed by atoms with van der Waals surface area (Å²) in [5.41, 5.74) is 19.5. The van der Waals surface area contributed by atoms with E-state index in [-0.39, 0.29) is 5.41 Å². The summed E-state index contributed by atoms with van der Waals surface area (Å²) >= 11 is 1.94. The summed E-state index contributed by atoms with van der Waals surface area (Å²) in [5, 5.41) is 1.36. The van der Waals surface area contributed by atoms with Crippen LogP contribution in [0.1, 0.15) is 27.8 Å². The lowest BCUT2D eigenvalue weighted by Crippen LogP contribution is -2.25. The number of thiophene rings is 1. The molecule has 7 aromatic carbocycles. The first-order chi connectivity index (χ1) is 26.2. The summed E-state index contributed by atoms with van der Waals surface area (Å²) in [5.74, 6) is 0. The number of nitrogens with zero attached hydrogens (tertiary/aromatic N) is 1. The summed E-state index contributed by atoms with van der Waals surface area (Å²) in [6, 6.07) is 66.7. The van der Waals surface area contributed by atoms with Crippen molar-refractivity contribution in [1.82, 2.24) is 4.98 Å². The Bertz CT molecular complexity index is 2840. The van der Waals surface area contributed by atoms with Gasteiger partial charge in [0, 0.05) is 20.7 Å². The lowest BCUT2D eigenvalue weighted by molar-refractivity contribution is 0.803. The third-order valence-electron chi connectivity index (χ3n) is 11.5. The van der Waals surface area contributed by atoms with Crippen LogP contribution in [0.15, 0.2) is 182 Å². The standard InChI is InChI=1S/C51H33NS/c1-32-41(34-14-4-2-5-15-34)31-46(35-16-6-3-7-17-35)52-49(32)36-26-24-33(25-27-36)37-28-29-45-42(30-37)50-48(40-20-10-13-23-47(40)53-50)51(45)43-21-11-8-18-38(43)39-19-9-12-22-44(39)51/h2-31H,1H3. The van der Waals surface area contributed by atoms with Gasteiger partial charge in [0.2, 0.25) is 0 Å². The van der Waals surface area contributed by atoms with Crippen molar-refractivity contribution >= 4 is 21.4 Å². The van der Waals surface area contributed by atoms with Crippen LogP contribution in [-0.4, -0.2) is 4.98 Å². The summed E-state index contributed by atoms with van der Waals surface area (Å²) in [7, 11) is 0. The molecule has 9 aromatic rings. The summed E-state index contributed by atoms with van der Waals surface area (Å²) in [6.07, 6.45) is 0. The minimum Gasteiger partial charge on any atom is -0.247 e. The molecular formula is C51H33NS. The molecule has 248 valence electrons. The van der Waals surface area contributed by atoms with Crippen molar-refractivity contribution < 1.29 is 0 Å². The first-order valence-electron chi connectivity index (χ1n) is 18.3. The first kappa shape index (κ1) is 30.3. The Kier molecular flexibility index (Phi) is 6.62. The Morgan fingerprint density at radius 1 is 0.434 bits per heavy atom. The van der Waals surface area contributed by atoms with Crippen molar-refractivity contribution in [1.29, 1.82) is 0 Å². The Morgan fingerprint density at radius 3 is 1.72 bits per heavy atom. The van der Waals surface area contributed by atoms with Gasteiger partial charge in [0.15, 0.2) is 0 Å². The van der Waals surface area contributed by atoms with E-state index >= 15 is 0 Å². The van der Waals surface area contributed by atoms with Crippen LogP contribution in [0.25, 0.3) is 76.4 Å². The van der Waals surface area contributed by atoms with Gasteiger partial charge >= 0.3 is 0 Å². The SMILES string of the molecule is Cc1c(-c2ccccc2)cc(-c2ccccc2)nc1-c1ccc(-c2ccc3c(c2)-c2sc4ccccc4c2C32c3ccccc3-c3ccccc32)cc1. The summed E-state index contributed by atoms with van der Waals surface area (Å²) in [6.45, 7) is 2.20. The van der Waals surface area contributed by atoms with Crippen LogP contribution < -0.4 is 0 Å². The first-order valence-corrected chi connectivity index (χ1v) is 19.1. The van der Waals surface area contributed by atoms with Gasteiger partial charge in [0.25, 0.3) is 0 Å². The molecule has 0 aliphatic heterocycles. The molecule has 1 spiro atoms. The highest BCUT2D eigenvalue weighted by Crippen LogP contribution is 2.66. The van der Waals surface area contributed by atoms with Crippen LogP contribution in [0.2, 0.25) is 0 Å². The fourth-order valence-corrected chi connectivity index (χ4v) is 10.5. The Morgan fingerprint density at radius 2 is 1.00 bits per heavy atom. The predicted molar refractivity (Wildman–Crippen MR) is 222 cm³/mol. The maximum Gasteiger partial charge on any atom is 0.0744 e. The van der Waals surface area contributed by atoms with E-state index in [1.807, 2.05) is 11.3 Å². The largest absolute Gasteiger partial charge is 0.247 e. The van der Waals surface area contributed by atoms with Gasteiger partial charge in [0.05, 0.1) is 16.8 Å². The molecule has 0 radical (unpaired) electrons. The van der Waals surface area contributed by atoms with Crippen molar-refractivity contribution in [2.24, 2.45) is 0 Å². The van der Waals surface area contributed by atoms with Gasteiger partial charge in [-0.15, -0.1) is 11.3 Å². The molecule has 0 fully saturated rings. The maximum absolute atomic E-state index is 5.27. The van der Waals surface area contributed by atoms with Gasteiger partial charge in [-0.1, -0.05) is 164 Å². The Balaban J connectivity index is 1.07. The summed E-state index contributed by atoms with van der Waals surface area (Å²) < 4.78 is 1.34. The molecule has 2 aromatic heterocycles. The molecule has 2 aliphatic rings. The number of hydrogen-bond acceptors (Lipinski definition) is 2. The zero-order valence-electron chi connectivity index (χ0n) is 29.2. The van der Waals surface area contributed by atoms with Crippen molar-refractivity contribution in [2.75, 3.05) is 0 Å². The zero-order valence-corrected chi connectivity index (χ0v) is 30.0. The normalized spacial score (nSPS) is 13.2. The van der Waals surface area contributed by atoms with Crippen molar-refractivity contribution in [3.05, 3.63) is 210 Å². The van der Waals surface area contributed by atoms with Gasteiger partial charge in [-0.2, -0.15) is 0 Å². The molecule has 2 heteroatoms. The van der Waals surface area contributed by atoms with Crippen molar-refractivity contribution in [3.63, 3.8) is 0 Å². The smallest absolute Gasteiger partial charge is 0.0744 e. The Hall–Kier alpha value is -6.35. The lowest BCUT2D eigenvalue weighted by atomic mass is 9.70. The maximum atomic E-state index is 5.27. The van der Waals surface area contributed by atoms with Crippen LogP contribution >= 0.6 is 11.3 Å². The second kappa shape index (κ2) is 11.6. The van der Waals surface area contributed by atoms with Crippen LogP contribution in [0.3, 0.4) is 0 Å². The fraction of sp³-hybridized carbons (Fsp3) is 0.0392. The number of hydrogen-bond donors (Lipinski definition) is 0. The number of benzene rings is 7. The van der Waals surface area contributed by atoms with E-state index in [0.29, 0.717) is 0 Å². The van der Waals surface area contributed by atoms with Crippen molar-refractivity contribution in [3.8, 4) is 66.3 Å². The average Bonchev–Trinajstić information content (AvgIpc) is 3.85. The molecule has 0 atom stereocenters. The van der Waals surface area contributed by atoms with Gasteiger partial charge in [-0.3, -0.25) is 0 Å². The molecule has 2 heterocycles. The highest BCUT2D eigenvalue weighted by atomic mass is 32.1. The second-order valence-corrected chi connectivity index (χ2v) is 15.3. The molecule has 0 amide bonds. The van der Waals surface area contributed by atoms with Gasteiger partial charge in [0.1, 0.15) is 0 Å². The number of rotatable bonds is 4. The quantitative estimate of drug-likeness (QED) is 0.179. The third kappa shape index (κ3) is 4.33. The van der Waals surface area contributed by atoms with E-state index in [4.69, 9.17) is 4.98 Å². The molecular weight excluding hydrogens is 659 g/mol. The van der Waals surface area contributed by atoms with E-state index in [1.54, 1.807) is 0 Å². The number of pyridine rings is 1. The van der Waals surface area contributed by atoms with Crippen LogP contribution in [0.4, 0.5) is 0 Å². The molecule has 2 aliphatic carbocycles. The van der Waals surface area contributed by atoms with E-state index in [9.17, 15) is 0 Å².